The number of anilines is 1. The monoisotopic (exact) mass is 463 g/mol. The molecule has 2 heterocycles. The maximum Gasteiger partial charge on any atom is 0.274 e. The molecule has 0 aliphatic heterocycles. The lowest BCUT2D eigenvalue weighted by Gasteiger charge is -2.12. The maximum atomic E-state index is 12.6. The Labute approximate surface area is 195 Å². The number of aromatic nitrogens is 4. The summed E-state index contributed by atoms with van der Waals surface area (Å²) in [6.07, 6.45) is 1.62. The number of carbonyl (C=O) groups is 1. The van der Waals surface area contributed by atoms with Crippen molar-refractivity contribution >= 4 is 29.1 Å². The number of rotatable bonds is 8. The van der Waals surface area contributed by atoms with Crippen LogP contribution in [0.3, 0.4) is 0 Å². The Morgan fingerprint density at radius 1 is 1.15 bits per heavy atom. The summed E-state index contributed by atoms with van der Waals surface area (Å²) >= 11 is 1.49. The third-order valence-corrected chi connectivity index (χ3v) is 6.02. The van der Waals surface area contributed by atoms with Crippen molar-refractivity contribution < 1.29 is 9.53 Å². The Morgan fingerprint density at radius 2 is 1.91 bits per heavy atom. The number of nitrogens with zero attached hydrogens (tertiary/aromatic N) is 4. The summed E-state index contributed by atoms with van der Waals surface area (Å²) in [7, 11) is 0. The van der Waals surface area contributed by atoms with Gasteiger partial charge in [0.2, 0.25) is 0 Å². The second-order valence-corrected chi connectivity index (χ2v) is 8.87. The summed E-state index contributed by atoms with van der Waals surface area (Å²) in [5.41, 5.74) is 2.27. The van der Waals surface area contributed by atoms with E-state index in [2.05, 4.69) is 15.3 Å². The number of benzene rings is 2. The molecule has 0 unspecified atom stereocenters. The van der Waals surface area contributed by atoms with E-state index in [9.17, 15) is 9.59 Å². The van der Waals surface area contributed by atoms with E-state index < -0.39 is 0 Å². The van der Waals surface area contributed by atoms with E-state index >= 15 is 0 Å². The largest absolute Gasteiger partial charge is 0.484 e. The van der Waals surface area contributed by atoms with Gasteiger partial charge in [0, 0.05) is 22.8 Å². The van der Waals surface area contributed by atoms with Gasteiger partial charge in [-0.3, -0.25) is 14.3 Å². The minimum absolute atomic E-state index is 0.0877. The minimum Gasteiger partial charge on any atom is -0.484 e. The highest BCUT2D eigenvalue weighted by atomic mass is 32.2. The zero-order chi connectivity index (χ0) is 23.4. The molecule has 0 spiro atoms. The Hall–Kier alpha value is -3.59. The standard InChI is InChI=1S/C24H25N5O3S/c1-16(2)28-15-25-24-26-18(12-23(31)29(24)28)14-33-21-7-5-4-6-20(21)27-22(30)13-32-19-10-8-17(3)9-11-19/h4-12,15-16H,13-14H2,1-3H3,(H,27,30). The minimum atomic E-state index is -0.249. The van der Waals surface area contributed by atoms with E-state index in [-0.39, 0.29) is 24.1 Å². The average Bonchev–Trinajstić information content (AvgIpc) is 3.23. The van der Waals surface area contributed by atoms with Crippen LogP contribution < -0.4 is 15.6 Å². The topological polar surface area (TPSA) is 90.5 Å². The Morgan fingerprint density at radius 3 is 2.67 bits per heavy atom. The SMILES string of the molecule is Cc1ccc(OCC(=O)Nc2ccccc2SCc2cc(=O)n3c(ncn3C(C)C)n2)cc1. The molecule has 0 saturated heterocycles. The molecule has 4 rings (SSSR count). The molecule has 33 heavy (non-hydrogen) atoms. The van der Waals surface area contributed by atoms with Crippen LogP contribution in [0.2, 0.25) is 0 Å². The lowest BCUT2D eigenvalue weighted by atomic mass is 10.2. The molecule has 0 radical (unpaired) electrons. The van der Waals surface area contributed by atoms with E-state index in [4.69, 9.17) is 4.74 Å². The van der Waals surface area contributed by atoms with Gasteiger partial charge < -0.3 is 10.1 Å². The van der Waals surface area contributed by atoms with Gasteiger partial charge in [0.15, 0.2) is 6.61 Å². The van der Waals surface area contributed by atoms with Crippen LogP contribution in [-0.4, -0.2) is 31.7 Å². The lowest BCUT2D eigenvalue weighted by Crippen LogP contribution is -2.22. The predicted molar refractivity (Wildman–Crippen MR) is 129 cm³/mol. The first-order valence-corrected chi connectivity index (χ1v) is 11.6. The van der Waals surface area contributed by atoms with Gasteiger partial charge in [0.05, 0.1) is 11.4 Å². The van der Waals surface area contributed by atoms with Crippen LogP contribution in [-0.2, 0) is 10.5 Å². The molecule has 8 nitrogen and oxygen atoms in total. The van der Waals surface area contributed by atoms with Gasteiger partial charge in [-0.25, -0.2) is 4.98 Å². The first-order valence-electron chi connectivity index (χ1n) is 10.6. The van der Waals surface area contributed by atoms with Crippen molar-refractivity contribution in [1.82, 2.24) is 19.2 Å². The second kappa shape index (κ2) is 9.91. The molecule has 0 saturated carbocycles. The summed E-state index contributed by atoms with van der Waals surface area (Å²) in [6.45, 7) is 5.87. The number of carbonyl (C=O) groups excluding carboxylic acids is 1. The first-order chi connectivity index (χ1) is 15.9. The van der Waals surface area contributed by atoms with Gasteiger partial charge in [0.1, 0.15) is 12.1 Å². The molecule has 170 valence electrons. The van der Waals surface area contributed by atoms with Gasteiger partial charge in [-0.2, -0.15) is 9.50 Å². The molecule has 0 aliphatic rings. The second-order valence-electron chi connectivity index (χ2n) is 7.85. The van der Waals surface area contributed by atoms with E-state index in [1.54, 1.807) is 11.0 Å². The van der Waals surface area contributed by atoms with Crippen LogP contribution in [0.25, 0.3) is 5.78 Å². The van der Waals surface area contributed by atoms with Crippen LogP contribution in [0.4, 0.5) is 5.69 Å². The van der Waals surface area contributed by atoms with Crippen molar-refractivity contribution in [2.45, 2.75) is 37.5 Å². The summed E-state index contributed by atoms with van der Waals surface area (Å²) in [5.74, 6) is 1.24. The molecule has 1 amide bonds. The van der Waals surface area contributed by atoms with Gasteiger partial charge in [-0.05, 0) is 45.0 Å². The molecule has 9 heteroatoms. The van der Waals surface area contributed by atoms with Crippen LogP contribution >= 0.6 is 11.8 Å². The van der Waals surface area contributed by atoms with Crippen LogP contribution in [0, 0.1) is 6.92 Å². The molecule has 1 N–H and O–H groups in total. The first kappa shape index (κ1) is 22.6. The molecule has 0 fully saturated rings. The number of hydrogen-bond donors (Lipinski definition) is 1. The fraction of sp³-hybridized carbons (Fsp3) is 0.250. The molecular formula is C24H25N5O3S. The highest BCUT2D eigenvalue weighted by molar-refractivity contribution is 7.98. The number of thioether (sulfide) groups is 1. The molecule has 0 bridgehead atoms. The van der Waals surface area contributed by atoms with Gasteiger partial charge >= 0.3 is 0 Å². The normalized spacial score (nSPS) is 11.2. The summed E-state index contributed by atoms with van der Waals surface area (Å²) in [5, 5.41) is 2.90. The quantitative estimate of drug-likeness (QED) is 0.396. The average molecular weight is 464 g/mol. The zero-order valence-electron chi connectivity index (χ0n) is 18.7. The number of ether oxygens (including phenoxy) is 1. The van der Waals surface area contributed by atoms with Crippen LogP contribution in [0.15, 0.2) is 70.6 Å². The number of amides is 1. The van der Waals surface area contributed by atoms with E-state index in [1.165, 1.54) is 22.3 Å². The van der Waals surface area contributed by atoms with Gasteiger partial charge in [-0.1, -0.05) is 29.8 Å². The van der Waals surface area contributed by atoms with Crippen LogP contribution in [0.1, 0.15) is 31.1 Å². The van der Waals surface area contributed by atoms with E-state index in [0.717, 1.165) is 10.5 Å². The van der Waals surface area contributed by atoms with Crippen molar-refractivity contribution in [3.8, 4) is 5.75 Å². The highest BCUT2D eigenvalue weighted by Crippen LogP contribution is 2.29. The summed E-state index contributed by atoms with van der Waals surface area (Å²) in [6, 6.07) is 16.7. The smallest absolute Gasteiger partial charge is 0.274 e. The summed E-state index contributed by atoms with van der Waals surface area (Å²) < 4.78 is 8.79. The molecule has 4 aromatic rings. The third kappa shape index (κ3) is 5.43. The Balaban J connectivity index is 1.42. The number of hydrogen-bond acceptors (Lipinski definition) is 6. The van der Waals surface area contributed by atoms with Crippen molar-refractivity contribution in [2.24, 2.45) is 0 Å². The third-order valence-electron chi connectivity index (χ3n) is 4.91. The fourth-order valence-corrected chi connectivity index (χ4v) is 4.13. The van der Waals surface area contributed by atoms with Crippen LogP contribution in [0.5, 0.6) is 5.75 Å². The van der Waals surface area contributed by atoms with Gasteiger partial charge in [0.25, 0.3) is 17.2 Å². The predicted octanol–water partition coefficient (Wildman–Crippen LogP) is 4.09. The number of fused-ring (bicyclic) bond motifs is 1. The molecule has 0 atom stereocenters. The van der Waals surface area contributed by atoms with E-state index in [1.807, 2.05) is 69.3 Å². The van der Waals surface area contributed by atoms with Crippen molar-refractivity contribution in [3.63, 3.8) is 0 Å². The maximum absolute atomic E-state index is 12.6. The van der Waals surface area contributed by atoms with Gasteiger partial charge in [-0.15, -0.1) is 11.8 Å². The highest BCUT2D eigenvalue weighted by Gasteiger charge is 2.12. The van der Waals surface area contributed by atoms with Crippen molar-refractivity contribution in [1.29, 1.82) is 0 Å². The lowest BCUT2D eigenvalue weighted by molar-refractivity contribution is -0.118. The molecule has 2 aromatic carbocycles. The fourth-order valence-electron chi connectivity index (χ4n) is 3.23. The van der Waals surface area contributed by atoms with Crippen molar-refractivity contribution in [3.05, 3.63) is 82.5 Å². The Bertz CT molecular complexity index is 1330. The molecule has 2 aromatic heterocycles. The van der Waals surface area contributed by atoms with E-state index in [0.29, 0.717) is 28.7 Å². The summed E-state index contributed by atoms with van der Waals surface area (Å²) in [4.78, 5) is 34.7. The Kier molecular flexibility index (Phi) is 6.79. The number of para-hydroxylation sites is 1. The number of nitrogens with one attached hydrogen (secondary N) is 1. The molecular weight excluding hydrogens is 438 g/mol. The zero-order valence-corrected chi connectivity index (χ0v) is 19.5. The molecule has 0 aliphatic carbocycles. The van der Waals surface area contributed by atoms with Crippen molar-refractivity contribution in [2.75, 3.05) is 11.9 Å². The number of aryl methyl sites for hydroxylation is 1.